The summed E-state index contributed by atoms with van der Waals surface area (Å²) in [6.07, 6.45) is 15.2. The predicted octanol–water partition coefficient (Wildman–Crippen LogP) is 6.97. The van der Waals surface area contributed by atoms with Crippen LogP contribution in [0.25, 0.3) is 11.2 Å². The molecule has 1 saturated heterocycles. The minimum absolute atomic E-state index is 0.0582. The molecule has 3 heterocycles. The highest BCUT2D eigenvalue weighted by Gasteiger charge is 2.48. The first-order valence-electron chi connectivity index (χ1n) is 17.1. The number of benzene rings is 1. The molecule has 1 aliphatic heterocycles. The van der Waals surface area contributed by atoms with Gasteiger partial charge in [-0.05, 0) is 19.4 Å². The van der Waals surface area contributed by atoms with Gasteiger partial charge < -0.3 is 25.1 Å². The molecular formula is C35H50FN5O6. The zero-order valence-electron chi connectivity index (χ0n) is 27.8. The standard InChI is InChI=1S/C35H50FN5O6/c1-3-4-5-6-7-8-9-10-11-12-13-14-15-20-29(43)45-22-25-18-16-17-19-26(25)33(44)46-27-21-28(47-35(27,2)23-42)41-24-38-30-31(37)39-34(36)40-32(30)41/h16-19,24,27-28,42H,3-15,20-23H2,1-2H3,(H2,37,39,40)/t27-,28+,35+/m0/s1. The lowest BCUT2D eigenvalue weighted by Gasteiger charge is -2.28. The van der Waals surface area contributed by atoms with Gasteiger partial charge in [-0.2, -0.15) is 14.4 Å². The molecule has 1 fully saturated rings. The number of carbonyl (C=O) groups is 2. The third kappa shape index (κ3) is 10.2. The number of esters is 2. The van der Waals surface area contributed by atoms with Gasteiger partial charge in [-0.25, -0.2) is 9.78 Å². The number of halogens is 1. The van der Waals surface area contributed by atoms with Crippen LogP contribution in [-0.4, -0.2) is 54.9 Å². The van der Waals surface area contributed by atoms with Gasteiger partial charge in [0.15, 0.2) is 17.0 Å². The summed E-state index contributed by atoms with van der Waals surface area (Å²) in [5.41, 5.74) is 5.62. The summed E-state index contributed by atoms with van der Waals surface area (Å²) in [5, 5.41) is 10.2. The van der Waals surface area contributed by atoms with Gasteiger partial charge >= 0.3 is 18.0 Å². The minimum atomic E-state index is -1.26. The second kappa shape index (κ2) is 18.1. The first-order chi connectivity index (χ1) is 22.8. The lowest BCUT2D eigenvalue weighted by molar-refractivity contribution is -0.145. The van der Waals surface area contributed by atoms with Gasteiger partial charge in [0.25, 0.3) is 0 Å². The first-order valence-corrected chi connectivity index (χ1v) is 17.1. The summed E-state index contributed by atoms with van der Waals surface area (Å²) < 4.78 is 32.8. The molecule has 0 bridgehead atoms. The molecule has 0 amide bonds. The maximum Gasteiger partial charge on any atom is 0.338 e. The van der Waals surface area contributed by atoms with E-state index in [0.29, 0.717) is 12.0 Å². The van der Waals surface area contributed by atoms with Gasteiger partial charge in [0, 0.05) is 18.4 Å². The summed E-state index contributed by atoms with van der Waals surface area (Å²) in [7, 11) is 0. The SMILES string of the molecule is CCCCCCCCCCCCCCCC(=O)OCc1ccccc1C(=O)O[C@H]1C[C@H](n2cnc3c(N)nc(F)nc32)O[C@]1(C)CO. The summed E-state index contributed by atoms with van der Waals surface area (Å²) in [6, 6.07) is 6.78. The number of nitrogens with zero attached hydrogens (tertiary/aromatic N) is 4. The van der Waals surface area contributed by atoms with Gasteiger partial charge in [0.2, 0.25) is 0 Å². The lowest BCUT2D eigenvalue weighted by Crippen LogP contribution is -2.42. The van der Waals surface area contributed by atoms with E-state index in [9.17, 15) is 19.1 Å². The third-order valence-electron chi connectivity index (χ3n) is 8.91. The molecule has 0 spiro atoms. The van der Waals surface area contributed by atoms with Crippen molar-refractivity contribution in [2.45, 2.75) is 135 Å². The summed E-state index contributed by atoms with van der Waals surface area (Å²) >= 11 is 0. The zero-order valence-corrected chi connectivity index (χ0v) is 27.8. The van der Waals surface area contributed by atoms with Crippen LogP contribution in [0.2, 0.25) is 0 Å². The number of nitrogen functional groups attached to an aromatic ring is 1. The van der Waals surface area contributed by atoms with E-state index >= 15 is 0 Å². The van der Waals surface area contributed by atoms with Crippen molar-refractivity contribution in [2.75, 3.05) is 12.3 Å². The highest BCUT2D eigenvalue weighted by molar-refractivity contribution is 5.91. The molecule has 258 valence electrons. The van der Waals surface area contributed by atoms with Crippen molar-refractivity contribution in [1.29, 1.82) is 0 Å². The maximum atomic E-state index is 13.9. The van der Waals surface area contributed by atoms with Crippen LogP contribution >= 0.6 is 0 Å². The zero-order chi connectivity index (χ0) is 33.6. The molecule has 3 aromatic rings. The van der Waals surface area contributed by atoms with Gasteiger partial charge in [0.1, 0.15) is 24.5 Å². The predicted molar refractivity (Wildman–Crippen MR) is 176 cm³/mol. The molecule has 3 N–H and O–H groups in total. The van der Waals surface area contributed by atoms with E-state index in [-0.39, 0.29) is 41.5 Å². The van der Waals surface area contributed by atoms with Crippen molar-refractivity contribution in [2.24, 2.45) is 0 Å². The fourth-order valence-electron chi connectivity index (χ4n) is 6.03. The number of rotatable bonds is 20. The van der Waals surface area contributed by atoms with Crippen molar-refractivity contribution in [1.82, 2.24) is 19.5 Å². The number of aliphatic hydroxyl groups is 1. The Kier molecular flexibility index (Phi) is 13.9. The van der Waals surface area contributed by atoms with Crippen molar-refractivity contribution in [3.05, 3.63) is 47.8 Å². The van der Waals surface area contributed by atoms with Crippen LogP contribution in [0.5, 0.6) is 0 Å². The fraction of sp³-hybridized carbons (Fsp3) is 0.629. The quantitative estimate of drug-likeness (QED) is 0.0742. The number of fused-ring (bicyclic) bond motifs is 1. The van der Waals surface area contributed by atoms with Crippen LogP contribution in [0.4, 0.5) is 10.2 Å². The van der Waals surface area contributed by atoms with Gasteiger partial charge in [-0.15, -0.1) is 0 Å². The largest absolute Gasteiger partial charge is 0.461 e. The molecule has 0 aliphatic carbocycles. The van der Waals surface area contributed by atoms with E-state index in [1.54, 1.807) is 31.2 Å². The molecule has 0 radical (unpaired) electrons. The van der Waals surface area contributed by atoms with Crippen LogP contribution < -0.4 is 5.73 Å². The number of hydrogen-bond acceptors (Lipinski definition) is 10. The molecule has 3 atom stereocenters. The lowest BCUT2D eigenvalue weighted by atomic mass is 10.00. The summed E-state index contributed by atoms with van der Waals surface area (Å²) in [4.78, 5) is 37.3. The van der Waals surface area contributed by atoms with E-state index in [2.05, 4.69) is 21.9 Å². The second-order valence-electron chi connectivity index (χ2n) is 12.7. The number of imidazole rings is 1. The fourth-order valence-corrected chi connectivity index (χ4v) is 6.03. The molecule has 2 aromatic heterocycles. The molecule has 0 saturated carbocycles. The number of aromatic nitrogens is 4. The molecule has 0 unspecified atom stereocenters. The Labute approximate surface area is 276 Å². The molecule has 11 nitrogen and oxygen atoms in total. The van der Waals surface area contributed by atoms with Crippen LogP contribution in [0, 0.1) is 6.08 Å². The normalized spacial score (nSPS) is 19.3. The van der Waals surface area contributed by atoms with Gasteiger partial charge in [-0.3, -0.25) is 9.36 Å². The van der Waals surface area contributed by atoms with Gasteiger partial charge in [0.05, 0.1) is 18.5 Å². The van der Waals surface area contributed by atoms with Crippen LogP contribution in [-0.2, 0) is 25.6 Å². The maximum absolute atomic E-state index is 13.9. The average Bonchev–Trinajstić information content (AvgIpc) is 3.63. The number of carbonyl (C=O) groups excluding carboxylic acids is 2. The minimum Gasteiger partial charge on any atom is -0.461 e. The smallest absolute Gasteiger partial charge is 0.338 e. The number of aliphatic hydroxyl groups excluding tert-OH is 1. The van der Waals surface area contributed by atoms with Crippen molar-refractivity contribution in [3.63, 3.8) is 0 Å². The first kappa shape index (κ1) is 36.2. The highest BCUT2D eigenvalue weighted by Crippen LogP contribution is 2.40. The number of anilines is 1. The van der Waals surface area contributed by atoms with E-state index < -0.39 is 36.6 Å². The number of ether oxygens (including phenoxy) is 3. The number of unbranched alkanes of at least 4 members (excludes halogenated alkanes) is 12. The van der Waals surface area contributed by atoms with Crippen LogP contribution in [0.1, 0.15) is 132 Å². The number of hydrogen-bond donors (Lipinski definition) is 2. The van der Waals surface area contributed by atoms with E-state index in [1.165, 1.54) is 75.1 Å². The number of nitrogens with two attached hydrogens (primary N) is 1. The Bertz CT molecular complexity index is 1450. The van der Waals surface area contributed by atoms with E-state index in [1.807, 2.05) is 0 Å². The summed E-state index contributed by atoms with van der Waals surface area (Å²) in [6.45, 7) is 3.36. The van der Waals surface area contributed by atoms with Crippen LogP contribution in [0.3, 0.4) is 0 Å². The molecular weight excluding hydrogens is 605 g/mol. The molecule has 47 heavy (non-hydrogen) atoms. The van der Waals surface area contributed by atoms with Crippen molar-refractivity contribution >= 4 is 28.9 Å². The Morgan fingerprint density at radius 3 is 2.32 bits per heavy atom. The molecule has 12 heteroatoms. The van der Waals surface area contributed by atoms with Crippen molar-refractivity contribution < 1.29 is 33.3 Å². The Morgan fingerprint density at radius 1 is 1.02 bits per heavy atom. The van der Waals surface area contributed by atoms with Crippen LogP contribution in [0.15, 0.2) is 30.6 Å². The Morgan fingerprint density at radius 2 is 1.66 bits per heavy atom. The topological polar surface area (TPSA) is 152 Å². The Hall–Kier alpha value is -3.64. The van der Waals surface area contributed by atoms with E-state index in [4.69, 9.17) is 19.9 Å². The summed E-state index contributed by atoms with van der Waals surface area (Å²) in [5.74, 6) is -1.06. The average molecular weight is 656 g/mol. The third-order valence-corrected chi connectivity index (χ3v) is 8.91. The molecule has 1 aliphatic rings. The van der Waals surface area contributed by atoms with E-state index in [0.717, 1.165) is 19.3 Å². The Balaban J connectivity index is 1.21. The van der Waals surface area contributed by atoms with Crippen molar-refractivity contribution in [3.8, 4) is 0 Å². The van der Waals surface area contributed by atoms with Gasteiger partial charge in [-0.1, -0.05) is 102 Å². The molecule has 4 rings (SSSR count). The monoisotopic (exact) mass is 655 g/mol. The second-order valence-corrected chi connectivity index (χ2v) is 12.7. The highest BCUT2D eigenvalue weighted by atomic mass is 19.1. The molecule has 1 aromatic carbocycles.